The number of carboxylic acids is 1. The zero-order chi connectivity index (χ0) is 12.6. The van der Waals surface area contributed by atoms with Crippen LogP contribution in [0.4, 0.5) is 5.69 Å². The summed E-state index contributed by atoms with van der Waals surface area (Å²) >= 11 is 0. The third-order valence-corrected chi connectivity index (χ3v) is 3.61. The van der Waals surface area contributed by atoms with E-state index in [2.05, 4.69) is 36.9 Å². The van der Waals surface area contributed by atoms with Crippen LogP contribution in [0.2, 0.25) is 0 Å². The van der Waals surface area contributed by atoms with E-state index < -0.39 is 5.97 Å². The molecule has 1 N–H and O–H groups in total. The average molecular weight is 233 g/mol. The van der Waals surface area contributed by atoms with Gasteiger partial charge < -0.3 is 10.0 Å². The fourth-order valence-electron chi connectivity index (χ4n) is 2.75. The Kier molecular flexibility index (Phi) is 3.09. The first-order chi connectivity index (χ1) is 7.99. The van der Waals surface area contributed by atoms with Crippen molar-refractivity contribution in [1.82, 2.24) is 0 Å². The Morgan fingerprint density at radius 3 is 2.35 bits per heavy atom. The number of carbonyl (C=O) groups is 1. The summed E-state index contributed by atoms with van der Waals surface area (Å²) in [5.74, 6) is -0.916. The minimum Gasteiger partial charge on any atom is -0.481 e. The summed E-state index contributed by atoms with van der Waals surface area (Å²) in [4.78, 5) is 13.3. The van der Waals surface area contributed by atoms with Gasteiger partial charge in [0.1, 0.15) is 0 Å². The first-order valence-corrected chi connectivity index (χ1v) is 6.07. The summed E-state index contributed by atoms with van der Waals surface area (Å²) in [5, 5.41) is 9.13. The lowest BCUT2D eigenvalue weighted by molar-refractivity contribution is -0.141. The first-order valence-electron chi connectivity index (χ1n) is 6.07. The third-order valence-electron chi connectivity index (χ3n) is 3.61. The second-order valence-electron chi connectivity index (χ2n) is 5.01. The highest BCUT2D eigenvalue weighted by Crippen LogP contribution is 2.30. The van der Waals surface area contributed by atoms with Crippen LogP contribution in [-0.2, 0) is 4.79 Å². The molecule has 1 saturated heterocycles. The van der Waals surface area contributed by atoms with Gasteiger partial charge in [0.2, 0.25) is 0 Å². The number of aryl methyl sites for hydroxylation is 2. The zero-order valence-corrected chi connectivity index (χ0v) is 10.6. The minimum atomic E-state index is -0.677. The fourth-order valence-corrected chi connectivity index (χ4v) is 2.75. The van der Waals surface area contributed by atoms with Crippen LogP contribution < -0.4 is 4.90 Å². The number of anilines is 1. The number of benzene rings is 1. The van der Waals surface area contributed by atoms with Gasteiger partial charge >= 0.3 is 5.97 Å². The van der Waals surface area contributed by atoms with Crippen molar-refractivity contribution in [1.29, 1.82) is 0 Å². The highest BCUT2D eigenvalue weighted by Gasteiger charge is 2.35. The topological polar surface area (TPSA) is 40.5 Å². The van der Waals surface area contributed by atoms with E-state index in [9.17, 15) is 4.79 Å². The largest absolute Gasteiger partial charge is 0.481 e. The zero-order valence-electron chi connectivity index (χ0n) is 10.6. The molecule has 1 aliphatic heterocycles. The van der Waals surface area contributed by atoms with Crippen molar-refractivity contribution in [2.45, 2.75) is 33.2 Å². The first kappa shape index (κ1) is 12.0. The summed E-state index contributed by atoms with van der Waals surface area (Å²) in [5.41, 5.74) is 3.61. The Morgan fingerprint density at radius 1 is 1.29 bits per heavy atom. The number of aliphatic carboxylic acids is 1. The van der Waals surface area contributed by atoms with Gasteiger partial charge in [0, 0.05) is 18.3 Å². The van der Waals surface area contributed by atoms with Crippen molar-refractivity contribution >= 4 is 11.7 Å². The van der Waals surface area contributed by atoms with Crippen molar-refractivity contribution in [2.75, 3.05) is 11.4 Å². The number of carboxylic acid groups (broad SMARTS) is 1. The maximum atomic E-state index is 11.1. The average Bonchev–Trinajstić information content (AvgIpc) is 2.58. The van der Waals surface area contributed by atoms with E-state index in [1.54, 1.807) is 0 Å². The Morgan fingerprint density at radius 2 is 1.88 bits per heavy atom. The molecule has 0 amide bonds. The van der Waals surface area contributed by atoms with Crippen LogP contribution in [0.25, 0.3) is 0 Å². The smallest absolute Gasteiger partial charge is 0.308 e. The molecule has 92 valence electrons. The number of hydrogen-bond acceptors (Lipinski definition) is 2. The molecule has 1 aromatic carbocycles. The molecule has 1 aromatic rings. The van der Waals surface area contributed by atoms with Gasteiger partial charge in [-0.3, -0.25) is 4.79 Å². The van der Waals surface area contributed by atoms with E-state index in [0.717, 1.165) is 18.7 Å². The van der Waals surface area contributed by atoms with Gasteiger partial charge in [-0.1, -0.05) is 6.07 Å². The molecule has 0 radical (unpaired) electrons. The minimum absolute atomic E-state index is 0.0775. The quantitative estimate of drug-likeness (QED) is 0.853. The van der Waals surface area contributed by atoms with Gasteiger partial charge in [-0.2, -0.15) is 0 Å². The molecule has 2 atom stereocenters. The summed E-state index contributed by atoms with van der Waals surface area (Å²) in [7, 11) is 0. The summed E-state index contributed by atoms with van der Waals surface area (Å²) in [6.07, 6.45) is 0.740. The Hall–Kier alpha value is -1.51. The monoisotopic (exact) mass is 233 g/mol. The molecule has 2 rings (SSSR count). The van der Waals surface area contributed by atoms with E-state index >= 15 is 0 Å². The molecule has 0 aromatic heterocycles. The van der Waals surface area contributed by atoms with Crippen molar-refractivity contribution in [3.63, 3.8) is 0 Å². The predicted octanol–water partition coefficient (Wildman–Crippen LogP) is 2.60. The molecule has 1 heterocycles. The standard InChI is InChI=1S/C14H19NO2/c1-9-6-10(2)8-12(7-9)15-5-4-13(11(15)3)14(16)17/h6-8,11,13H,4-5H2,1-3H3,(H,16,17)/t11-,13+/m1/s1. The highest BCUT2D eigenvalue weighted by molar-refractivity contribution is 5.73. The normalized spacial score (nSPS) is 24.1. The molecule has 3 nitrogen and oxygen atoms in total. The van der Waals surface area contributed by atoms with Crippen LogP contribution in [0.3, 0.4) is 0 Å². The number of hydrogen-bond donors (Lipinski definition) is 1. The molecule has 3 heteroatoms. The van der Waals surface area contributed by atoms with Gasteiger partial charge in [-0.25, -0.2) is 0 Å². The fraction of sp³-hybridized carbons (Fsp3) is 0.500. The molecule has 0 unspecified atom stereocenters. The van der Waals surface area contributed by atoms with Gasteiger partial charge in [0.15, 0.2) is 0 Å². The molecule has 0 bridgehead atoms. The summed E-state index contributed by atoms with van der Waals surface area (Å²) in [6.45, 7) is 6.99. The predicted molar refractivity (Wildman–Crippen MR) is 68.5 cm³/mol. The van der Waals surface area contributed by atoms with E-state index in [1.807, 2.05) is 6.92 Å². The molecular weight excluding hydrogens is 214 g/mol. The van der Waals surface area contributed by atoms with Crippen molar-refractivity contribution in [3.8, 4) is 0 Å². The van der Waals surface area contributed by atoms with Gasteiger partial charge in [-0.15, -0.1) is 0 Å². The van der Waals surface area contributed by atoms with Gasteiger partial charge in [-0.05, 0) is 50.5 Å². The molecular formula is C14H19NO2. The van der Waals surface area contributed by atoms with E-state index in [1.165, 1.54) is 11.1 Å². The lowest BCUT2D eigenvalue weighted by Gasteiger charge is -2.26. The molecule has 1 fully saturated rings. The van der Waals surface area contributed by atoms with Crippen molar-refractivity contribution < 1.29 is 9.90 Å². The number of rotatable bonds is 2. The maximum absolute atomic E-state index is 11.1. The second kappa shape index (κ2) is 4.40. The van der Waals surface area contributed by atoms with Crippen molar-refractivity contribution in [2.24, 2.45) is 5.92 Å². The van der Waals surface area contributed by atoms with Crippen LogP contribution in [0.15, 0.2) is 18.2 Å². The highest BCUT2D eigenvalue weighted by atomic mass is 16.4. The lowest BCUT2D eigenvalue weighted by atomic mass is 10.0. The second-order valence-corrected chi connectivity index (χ2v) is 5.01. The SMILES string of the molecule is Cc1cc(C)cc(N2CC[C@H](C(=O)O)[C@H]2C)c1. The summed E-state index contributed by atoms with van der Waals surface area (Å²) < 4.78 is 0. The molecule has 1 aliphatic rings. The van der Waals surface area contributed by atoms with E-state index in [0.29, 0.717) is 0 Å². The van der Waals surface area contributed by atoms with Crippen LogP contribution in [0, 0.1) is 19.8 Å². The molecule has 0 saturated carbocycles. The van der Waals surface area contributed by atoms with Crippen LogP contribution in [0.5, 0.6) is 0 Å². The van der Waals surface area contributed by atoms with E-state index in [-0.39, 0.29) is 12.0 Å². The lowest BCUT2D eigenvalue weighted by Crippen LogP contribution is -2.32. The van der Waals surface area contributed by atoms with E-state index in [4.69, 9.17) is 5.11 Å². The van der Waals surface area contributed by atoms with Gasteiger partial charge in [0.25, 0.3) is 0 Å². The maximum Gasteiger partial charge on any atom is 0.308 e. The molecule has 17 heavy (non-hydrogen) atoms. The Bertz CT molecular complexity index is 422. The molecule has 0 aliphatic carbocycles. The van der Waals surface area contributed by atoms with Gasteiger partial charge in [0.05, 0.1) is 5.92 Å². The summed E-state index contributed by atoms with van der Waals surface area (Å²) in [6, 6.07) is 6.48. The van der Waals surface area contributed by atoms with Crippen LogP contribution >= 0.6 is 0 Å². The molecule has 0 spiro atoms. The Labute approximate surface area is 102 Å². The Balaban J connectivity index is 2.27. The number of nitrogens with zero attached hydrogens (tertiary/aromatic N) is 1. The van der Waals surface area contributed by atoms with Crippen LogP contribution in [0.1, 0.15) is 24.5 Å². The third kappa shape index (κ3) is 2.28. The van der Waals surface area contributed by atoms with Crippen molar-refractivity contribution in [3.05, 3.63) is 29.3 Å². The van der Waals surface area contributed by atoms with Crippen LogP contribution in [-0.4, -0.2) is 23.7 Å².